The average Bonchev–Trinajstić information content (AvgIpc) is 2.47. The monoisotopic (exact) mass is 270 g/mol. The highest BCUT2D eigenvalue weighted by Gasteiger charge is 2.09. The summed E-state index contributed by atoms with van der Waals surface area (Å²) in [5.41, 5.74) is 2.26. The van der Waals surface area contributed by atoms with Crippen LogP contribution in [0.25, 0.3) is 0 Å². The van der Waals surface area contributed by atoms with Crippen LogP contribution in [0, 0.1) is 0 Å². The van der Waals surface area contributed by atoms with Gasteiger partial charge in [0.25, 0.3) is 5.91 Å². The fraction of sp³-hybridized carbons (Fsp3) is 0.267. The minimum atomic E-state index is -0.271. The van der Waals surface area contributed by atoms with E-state index in [1.165, 1.54) is 11.8 Å². The molecule has 1 aromatic carbocycles. The van der Waals surface area contributed by atoms with Crippen LogP contribution in [0.1, 0.15) is 35.8 Å². The molecule has 0 aliphatic carbocycles. The van der Waals surface area contributed by atoms with Crippen LogP contribution in [0.3, 0.4) is 0 Å². The molecule has 0 radical (unpaired) electrons. The fourth-order valence-electron chi connectivity index (χ4n) is 1.74. The van der Waals surface area contributed by atoms with E-state index >= 15 is 0 Å². The van der Waals surface area contributed by atoms with E-state index in [-0.39, 0.29) is 11.6 Å². The molecule has 0 atom stereocenters. The molecule has 1 amide bonds. The van der Waals surface area contributed by atoms with Gasteiger partial charge in [-0.25, -0.2) is 4.98 Å². The molecule has 0 fully saturated rings. The van der Waals surface area contributed by atoms with Crippen molar-refractivity contribution in [3.63, 3.8) is 0 Å². The molecule has 1 heterocycles. The number of nitrogens with one attached hydrogen (secondary N) is 2. The predicted molar refractivity (Wildman–Crippen MR) is 80.1 cm³/mol. The smallest absolute Gasteiger partial charge is 0.275 e. The summed E-state index contributed by atoms with van der Waals surface area (Å²) in [5.74, 6) is 0.762. The number of rotatable bonds is 4. The van der Waals surface area contributed by atoms with Crippen LogP contribution in [-0.4, -0.2) is 22.9 Å². The Labute approximate surface area is 118 Å². The lowest BCUT2D eigenvalue weighted by Gasteiger charge is -2.08. The Morgan fingerprint density at radius 3 is 2.45 bits per heavy atom. The summed E-state index contributed by atoms with van der Waals surface area (Å²) in [6, 6.07) is 7.80. The normalized spacial score (nSPS) is 10.4. The molecular formula is C15H18N4O. The highest BCUT2D eigenvalue weighted by Crippen LogP contribution is 2.17. The van der Waals surface area contributed by atoms with E-state index in [0.717, 1.165) is 5.69 Å². The molecule has 2 aromatic rings. The molecule has 0 aliphatic rings. The Hall–Kier alpha value is -2.43. The first-order valence-electron chi connectivity index (χ1n) is 6.51. The van der Waals surface area contributed by atoms with Crippen LogP contribution in [0.2, 0.25) is 0 Å². The van der Waals surface area contributed by atoms with Gasteiger partial charge < -0.3 is 10.6 Å². The van der Waals surface area contributed by atoms with Crippen molar-refractivity contribution in [2.24, 2.45) is 0 Å². The minimum absolute atomic E-state index is 0.271. The second kappa shape index (κ2) is 6.14. The molecule has 0 saturated carbocycles. The van der Waals surface area contributed by atoms with Crippen LogP contribution >= 0.6 is 0 Å². The number of anilines is 2. The van der Waals surface area contributed by atoms with Crippen LogP contribution in [0.15, 0.2) is 36.7 Å². The highest BCUT2D eigenvalue weighted by molar-refractivity contribution is 6.02. The lowest BCUT2D eigenvalue weighted by atomic mass is 10.0. The first-order valence-corrected chi connectivity index (χ1v) is 6.51. The van der Waals surface area contributed by atoms with E-state index in [2.05, 4.69) is 34.4 Å². The van der Waals surface area contributed by atoms with Gasteiger partial charge >= 0.3 is 0 Å². The molecule has 20 heavy (non-hydrogen) atoms. The summed E-state index contributed by atoms with van der Waals surface area (Å²) in [7, 11) is 1.73. The third-order valence-corrected chi connectivity index (χ3v) is 2.96. The van der Waals surface area contributed by atoms with E-state index in [4.69, 9.17) is 0 Å². The quantitative estimate of drug-likeness (QED) is 0.896. The fourth-order valence-corrected chi connectivity index (χ4v) is 1.74. The number of nitrogens with zero attached hydrogens (tertiary/aromatic N) is 2. The van der Waals surface area contributed by atoms with Crippen molar-refractivity contribution in [1.82, 2.24) is 9.97 Å². The number of aromatic nitrogens is 2. The minimum Gasteiger partial charge on any atom is -0.372 e. The van der Waals surface area contributed by atoms with Crippen LogP contribution in [0.5, 0.6) is 0 Å². The van der Waals surface area contributed by atoms with Crippen molar-refractivity contribution < 1.29 is 4.79 Å². The molecule has 0 aliphatic heterocycles. The molecular weight excluding hydrogens is 252 g/mol. The summed E-state index contributed by atoms with van der Waals surface area (Å²) < 4.78 is 0. The predicted octanol–water partition coefficient (Wildman–Crippen LogP) is 2.89. The van der Waals surface area contributed by atoms with Gasteiger partial charge in [-0.05, 0) is 23.6 Å². The maximum Gasteiger partial charge on any atom is 0.275 e. The third-order valence-electron chi connectivity index (χ3n) is 2.96. The van der Waals surface area contributed by atoms with Crippen molar-refractivity contribution in [2.45, 2.75) is 19.8 Å². The SMILES string of the molecule is CNc1cncc(C(=O)Nc2ccc(C(C)C)cc2)n1. The van der Waals surface area contributed by atoms with Gasteiger partial charge in [-0.15, -0.1) is 0 Å². The Kier molecular flexibility index (Phi) is 4.30. The molecule has 1 aromatic heterocycles. The van der Waals surface area contributed by atoms with Crippen molar-refractivity contribution in [2.75, 3.05) is 17.7 Å². The van der Waals surface area contributed by atoms with E-state index in [0.29, 0.717) is 11.7 Å². The summed E-state index contributed by atoms with van der Waals surface area (Å²) in [6.45, 7) is 4.26. The summed E-state index contributed by atoms with van der Waals surface area (Å²) in [6.07, 6.45) is 3.01. The number of amides is 1. The topological polar surface area (TPSA) is 66.9 Å². The number of carbonyl (C=O) groups is 1. The number of hydrogen-bond donors (Lipinski definition) is 2. The summed E-state index contributed by atoms with van der Waals surface area (Å²) >= 11 is 0. The first-order chi connectivity index (χ1) is 9.60. The maximum absolute atomic E-state index is 12.1. The second-order valence-corrected chi connectivity index (χ2v) is 4.77. The van der Waals surface area contributed by atoms with Crippen LogP contribution in [-0.2, 0) is 0 Å². The Morgan fingerprint density at radius 2 is 1.85 bits per heavy atom. The molecule has 0 unspecified atom stereocenters. The first kappa shape index (κ1) is 14.0. The largest absolute Gasteiger partial charge is 0.372 e. The zero-order valence-corrected chi connectivity index (χ0v) is 11.8. The van der Waals surface area contributed by atoms with Gasteiger partial charge in [0.15, 0.2) is 0 Å². The van der Waals surface area contributed by atoms with E-state index in [9.17, 15) is 4.79 Å². The molecule has 0 spiro atoms. The average molecular weight is 270 g/mol. The van der Waals surface area contributed by atoms with Crippen LogP contribution < -0.4 is 10.6 Å². The highest BCUT2D eigenvalue weighted by atomic mass is 16.1. The standard InChI is InChI=1S/C15H18N4O/c1-10(2)11-4-6-12(7-5-11)18-15(20)13-8-17-9-14(16-3)19-13/h4-10H,1-3H3,(H,16,19)(H,18,20). The second-order valence-electron chi connectivity index (χ2n) is 4.77. The Morgan fingerprint density at radius 1 is 1.15 bits per heavy atom. The van der Waals surface area contributed by atoms with Crippen LogP contribution in [0.4, 0.5) is 11.5 Å². The van der Waals surface area contributed by atoms with E-state index < -0.39 is 0 Å². The van der Waals surface area contributed by atoms with Gasteiger partial charge in [0.1, 0.15) is 11.5 Å². The number of benzene rings is 1. The summed E-state index contributed by atoms with van der Waals surface area (Å²) in [4.78, 5) is 20.2. The Bertz CT molecular complexity index is 593. The van der Waals surface area contributed by atoms with E-state index in [1.54, 1.807) is 13.2 Å². The van der Waals surface area contributed by atoms with Gasteiger partial charge in [0, 0.05) is 12.7 Å². The van der Waals surface area contributed by atoms with Crippen molar-refractivity contribution in [3.05, 3.63) is 47.9 Å². The molecule has 0 saturated heterocycles. The van der Waals surface area contributed by atoms with E-state index in [1.807, 2.05) is 24.3 Å². The van der Waals surface area contributed by atoms with Crippen molar-refractivity contribution >= 4 is 17.4 Å². The van der Waals surface area contributed by atoms with Gasteiger partial charge in [-0.2, -0.15) is 0 Å². The molecule has 5 nitrogen and oxygen atoms in total. The van der Waals surface area contributed by atoms with Crippen molar-refractivity contribution in [1.29, 1.82) is 0 Å². The Balaban J connectivity index is 2.10. The number of carbonyl (C=O) groups excluding carboxylic acids is 1. The molecule has 2 N–H and O–H groups in total. The summed E-state index contributed by atoms with van der Waals surface area (Å²) in [5, 5.41) is 5.66. The number of hydrogen-bond acceptors (Lipinski definition) is 4. The zero-order chi connectivity index (χ0) is 14.5. The van der Waals surface area contributed by atoms with Gasteiger partial charge in [-0.3, -0.25) is 9.78 Å². The van der Waals surface area contributed by atoms with Crippen molar-refractivity contribution in [3.8, 4) is 0 Å². The molecule has 5 heteroatoms. The lowest BCUT2D eigenvalue weighted by Crippen LogP contribution is -2.14. The molecule has 0 bridgehead atoms. The lowest BCUT2D eigenvalue weighted by molar-refractivity contribution is 0.102. The van der Waals surface area contributed by atoms with Gasteiger partial charge in [0.2, 0.25) is 0 Å². The van der Waals surface area contributed by atoms with Gasteiger partial charge in [-0.1, -0.05) is 26.0 Å². The van der Waals surface area contributed by atoms with Gasteiger partial charge in [0.05, 0.1) is 12.4 Å². The third kappa shape index (κ3) is 3.32. The zero-order valence-electron chi connectivity index (χ0n) is 11.8. The molecule has 104 valence electrons. The maximum atomic E-state index is 12.1. The molecule has 2 rings (SSSR count).